The van der Waals surface area contributed by atoms with Crippen LogP contribution in [-0.4, -0.2) is 15.7 Å². The van der Waals surface area contributed by atoms with Crippen molar-refractivity contribution in [3.8, 4) is 0 Å². The lowest BCUT2D eigenvalue weighted by atomic mass is 10.3. The van der Waals surface area contributed by atoms with Crippen LogP contribution in [0.3, 0.4) is 0 Å². The Hall–Kier alpha value is -1.52. The van der Waals surface area contributed by atoms with E-state index in [0.717, 1.165) is 5.52 Å². The topological polar surface area (TPSA) is 17.8 Å². The molecule has 0 unspecified atom stereocenters. The van der Waals surface area contributed by atoms with Gasteiger partial charge in [0.15, 0.2) is 0 Å². The largest absolute Gasteiger partial charge is 0.396 e. The summed E-state index contributed by atoms with van der Waals surface area (Å²) >= 11 is 0. The van der Waals surface area contributed by atoms with Gasteiger partial charge < -0.3 is 4.57 Å². The molecule has 0 spiro atoms. The van der Waals surface area contributed by atoms with Gasteiger partial charge in [-0.2, -0.15) is 13.2 Å². The molecule has 0 atom stereocenters. The summed E-state index contributed by atoms with van der Waals surface area (Å²) in [6.45, 7) is 3.71. The molecule has 0 saturated heterocycles. The zero-order chi connectivity index (χ0) is 12.6. The first-order chi connectivity index (χ1) is 7.88. The van der Waals surface area contributed by atoms with Crippen molar-refractivity contribution < 1.29 is 13.2 Å². The Bertz CT molecular complexity index is 526. The summed E-state index contributed by atoms with van der Waals surface area (Å²) < 4.78 is 39.0. The minimum atomic E-state index is -4.23. The highest BCUT2D eigenvalue weighted by atomic mass is 19.4. The Labute approximate surface area is 97.1 Å². The summed E-state index contributed by atoms with van der Waals surface area (Å²) in [5.41, 5.74) is 1.36. The number of fused-ring (bicyclic) bond motifs is 1. The molecule has 0 amide bonds. The summed E-state index contributed by atoms with van der Waals surface area (Å²) in [4.78, 5) is 4.06. The highest BCUT2D eigenvalue weighted by Gasteiger charge is 2.31. The van der Waals surface area contributed by atoms with E-state index in [9.17, 15) is 13.2 Å². The summed E-state index contributed by atoms with van der Waals surface area (Å²) in [6, 6.07) is 7.06. The highest BCUT2D eigenvalue weighted by Crippen LogP contribution is 2.26. The molecule has 2 aromatic rings. The van der Waals surface area contributed by atoms with Gasteiger partial charge in [0.2, 0.25) is 0 Å². The Balaban J connectivity index is 2.58. The van der Waals surface area contributed by atoms with Gasteiger partial charge in [-0.05, 0) is 26.0 Å². The number of hydrogen-bond donors (Lipinski definition) is 0. The van der Waals surface area contributed by atoms with Crippen LogP contribution in [0, 0.1) is 0 Å². The van der Waals surface area contributed by atoms with E-state index in [1.165, 1.54) is 0 Å². The maximum atomic E-state index is 12.5. The van der Waals surface area contributed by atoms with Gasteiger partial charge in [-0.25, -0.2) is 4.98 Å². The smallest absolute Gasteiger partial charge is 0.325 e. The molecule has 92 valence electrons. The zero-order valence-electron chi connectivity index (χ0n) is 9.62. The minimum absolute atomic E-state index is 0.0419. The van der Waals surface area contributed by atoms with Gasteiger partial charge >= 0.3 is 6.18 Å². The van der Waals surface area contributed by atoms with E-state index in [0.29, 0.717) is 5.52 Å². The molecule has 1 aromatic heterocycles. The Morgan fingerprint density at radius 2 is 1.88 bits per heavy atom. The number of alkyl halides is 3. The molecule has 2 nitrogen and oxygen atoms in total. The number of aromatic nitrogens is 2. The molecule has 17 heavy (non-hydrogen) atoms. The Kier molecular flexibility index (Phi) is 2.85. The zero-order valence-corrected chi connectivity index (χ0v) is 9.62. The number of nitrogens with zero attached hydrogens (tertiary/aromatic N) is 2. The molecular formula is C12H13F3N2. The lowest BCUT2D eigenvalue weighted by Gasteiger charge is -2.14. The second-order valence-electron chi connectivity index (χ2n) is 4.27. The Morgan fingerprint density at radius 1 is 1.24 bits per heavy atom. The van der Waals surface area contributed by atoms with E-state index in [1.807, 2.05) is 13.8 Å². The summed E-state index contributed by atoms with van der Waals surface area (Å²) in [5.74, 6) is 0.0775. The van der Waals surface area contributed by atoms with Crippen molar-refractivity contribution in [1.82, 2.24) is 9.55 Å². The van der Waals surface area contributed by atoms with Gasteiger partial charge in [0.1, 0.15) is 12.2 Å². The predicted octanol–water partition coefficient (Wildman–Crippen LogP) is 3.72. The number of rotatable bonds is 2. The van der Waals surface area contributed by atoms with Gasteiger partial charge in [0.25, 0.3) is 0 Å². The molecule has 0 radical (unpaired) electrons. The van der Waals surface area contributed by atoms with E-state index in [1.54, 1.807) is 28.8 Å². The highest BCUT2D eigenvalue weighted by molar-refractivity contribution is 5.76. The quantitative estimate of drug-likeness (QED) is 0.784. The molecule has 2 rings (SSSR count). The molecule has 0 aliphatic rings. The normalized spacial score (nSPS) is 12.6. The van der Waals surface area contributed by atoms with Gasteiger partial charge in [-0.1, -0.05) is 12.1 Å². The first-order valence-corrected chi connectivity index (χ1v) is 5.41. The third-order valence-electron chi connectivity index (χ3n) is 2.54. The van der Waals surface area contributed by atoms with Crippen molar-refractivity contribution in [2.24, 2.45) is 0 Å². The third-order valence-corrected chi connectivity index (χ3v) is 2.54. The van der Waals surface area contributed by atoms with Crippen LogP contribution < -0.4 is 0 Å². The fraction of sp³-hybridized carbons (Fsp3) is 0.417. The van der Waals surface area contributed by atoms with E-state index < -0.39 is 12.6 Å². The minimum Gasteiger partial charge on any atom is -0.325 e. The fourth-order valence-electron chi connectivity index (χ4n) is 1.97. The van der Waals surface area contributed by atoms with Crippen molar-refractivity contribution in [3.63, 3.8) is 0 Å². The van der Waals surface area contributed by atoms with Crippen LogP contribution in [0.4, 0.5) is 13.2 Å². The van der Waals surface area contributed by atoms with Crippen molar-refractivity contribution in [1.29, 1.82) is 0 Å². The van der Waals surface area contributed by atoms with Crippen LogP contribution in [0.2, 0.25) is 0 Å². The standard InChI is InChI=1S/C12H13F3N2/c1-8(2)17-10-6-4-3-5-9(10)16-11(17)7-12(13,14)15/h3-6,8H,7H2,1-2H3. The van der Waals surface area contributed by atoms with Crippen LogP contribution >= 0.6 is 0 Å². The molecule has 0 fully saturated rings. The maximum absolute atomic E-state index is 12.5. The predicted molar refractivity (Wildman–Crippen MR) is 59.9 cm³/mol. The monoisotopic (exact) mass is 242 g/mol. The number of benzene rings is 1. The fourth-order valence-corrected chi connectivity index (χ4v) is 1.97. The molecule has 0 bridgehead atoms. The average Bonchev–Trinajstić information content (AvgIpc) is 2.51. The van der Waals surface area contributed by atoms with Crippen LogP contribution in [0.25, 0.3) is 11.0 Å². The first-order valence-electron chi connectivity index (χ1n) is 5.41. The second-order valence-corrected chi connectivity index (χ2v) is 4.27. The van der Waals surface area contributed by atoms with Crippen LogP contribution in [0.1, 0.15) is 25.7 Å². The SMILES string of the molecule is CC(C)n1c(CC(F)(F)F)nc2ccccc21. The second kappa shape index (κ2) is 4.05. The van der Waals surface area contributed by atoms with Gasteiger partial charge in [0.05, 0.1) is 11.0 Å². The van der Waals surface area contributed by atoms with E-state index >= 15 is 0 Å². The summed E-state index contributed by atoms with van der Waals surface area (Å²) in [7, 11) is 0. The van der Waals surface area contributed by atoms with Crippen molar-refractivity contribution in [2.45, 2.75) is 32.5 Å². The third kappa shape index (κ3) is 2.43. The lowest BCUT2D eigenvalue weighted by Crippen LogP contribution is -2.17. The van der Waals surface area contributed by atoms with Gasteiger partial charge in [0, 0.05) is 6.04 Å². The average molecular weight is 242 g/mol. The number of hydrogen-bond acceptors (Lipinski definition) is 1. The Morgan fingerprint density at radius 3 is 2.47 bits per heavy atom. The summed E-state index contributed by atoms with van der Waals surface area (Å²) in [5, 5.41) is 0. The van der Waals surface area contributed by atoms with Crippen LogP contribution in [0.5, 0.6) is 0 Å². The van der Waals surface area contributed by atoms with E-state index in [4.69, 9.17) is 0 Å². The van der Waals surface area contributed by atoms with E-state index in [2.05, 4.69) is 4.98 Å². The number of para-hydroxylation sites is 2. The van der Waals surface area contributed by atoms with Crippen LogP contribution in [0.15, 0.2) is 24.3 Å². The molecule has 0 aliphatic heterocycles. The molecule has 1 aromatic carbocycles. The number of imidazole rings is 1. The van der Waals surface area contributed by atoms with Crippen LogP contribution in [-0.2, 0) is 6.42 Å². The first kappa shape index (κ1) is 12.0. The molecular weight excluding hydrogens is 229 g/mol. The molecule has 0 N–H and O–H groups in total. The van der Waals surface area contributed by atoms with Crippen molar-refractivity contribution in [3.05, 3.63) is 30.1 Å². The summed E-state index contributed by atoms with van der Waals surface area (Å²) in [6.07, 6.45) is -5.21. The van der Waals surface area contributed by atoms with Crippen molar-refractivity contribution in [2.75, 3.05) is 0 Å². The molecule has 0 aliphatic carbocycles. The molecule has 0 saturated carbocycles. The van der Waals surface area contributed by atoms with E-state index in [-0.39, 0.29) is 11.9 Å². The van der Waals surface area contributed by atoms with Crippen molar-refractivity contribution >= 4 is 11.0 Å². The van der Waals surface area contributed by atoms with Gasteiger partial charge in [-0.3, -0.25) is 0 Å². The molecule has 5 heteroatoms. The van der Waals surface area contributed by atoms with Gasteiger partial charge in [-0.15, -0.1) is 0 Å². The number of halogens is 3. The maximum Gasteiger partial charge on any atom is 0.396 e. The molecule has 1 heterocycles. The lowest BCUT2D eigenvalue weighted by molar-refractivity contribution is -0.129.